The Hall–Kier alpha value is -0.865. The fraction of sp³-hybridized carbons (Fsp3) is 0.500. The summed E-state index contributed by atoms with van der Waals surface area (Å²) in [6, 6.07) is 0. The van der Waals surface area contributed by atoms with Crippen LogP contribution >= 0.6 is 0 Å². The Morgan fingerprint density at radius 3 is 3.14 bits per heavy atom. The number of nitrogens with zero attached hydrogens (tertiary/aromatic N) is 1. The molecule has 2 N–H and O–H groups in total. The first-order chi connectivity index (χ1) is 11.3. The molecule has 1 aromatic heterocycles. The molecule has 0 bridgehead atoms. The van der Waals surface area contributed by atoms with Crippen molar-refractivity contribution in [2.75, 3.05) is 0 Å². The number of pyridine rings is 1. The third-order valence-electron chi connectivity index (χ3n) is 1.65. The topological polar surface area (TPSA) is 53.4 Å². The molecule has 0 saturated heterocycles. The molecular weight excluding hydrogens is 177 g/mol. The first-order valence-corrected chi connectivity index (χ1v) is 3.65. The van der Waals surface area contributed by atoms with Crippen LogP contribution in [0.3, 0.4) is 0 Å². The maximum Gasteiger partial charge on any atom is 0.490 e. The van der Waals surface area contributed by atoms with Gasteiger partial charge < -0.3 is 10.0 Å². The molecule has 0 amide bonds. The van der Waals surface area contributed by atoms with Crippen molar-refractivity contribution in [1.82, 2.24) is 4.98 Å². The maximum absolute atomic E-state index is 9.38. The van der Waals surface area contributed by atoms with Crippen molar-refractivity contribution in [3.63, 3.8) is 0 Å². The van der Waals surface area contributed by atoms with Crippen molar-refractivity contribution in [2.45, 2.75) is 32.8 Å². The van der Waals surface area contributed by atoms with Gasteiger partial charge in [-0.2, -0.15) is 0 Å². The Labute approximate surface area is 102 Å². The van der Waals surface area contributed by atoms with Crippen molar-refractivity contribution in [3.8, 4) is 0 Å². The number of hydrogen-bond donors (Lipinski definition) is 2. The molecule has 0 saturated carbocycles. The summed E-state index contributed by atoms with van der Waals surface area (Å²) in [7, 11) is -2.42. The maximum atomic E-state index is 9.38. The van der Waals surface area contributed by atoms with Crippen LogP contribution in [0, 0.1) is 6.85 Å². The van der Waals surface area contributed by atoms with Gasteiger partial charge in [-0.15, -0.1) is 0 Å². The second-order valence-electron chi connectivity index (χ2n) is 2.52. The van der Waals surface area contributed by atoms with E-state index in [1.807, 2.05) is 0 Å². The van der Waals surface area contributed by atoms with Gasteiger partial charge in [0.25, 0.3) is 0 Å². The zero-order chi connectivity index (χ0) is 20.9. The minimum atomic E-state index is -3.73. The Morgan fingerprint density at radius 1 is 1.71 bits per heavy atom. The highest BCUT2D eigenvalue weighted by molar-refractivity contribution is 6.59. The molecule has 1 rings (SSSR count). The summed E-state index contributed by atoms with van der Waals surface area (Å²) >= 11 is 0. The number of rotatable bonds is 3. The van der Waals surface area contributed by atoms with Gasteiger partial charge in [-0.3, -0.25) is 4.98 Å². The first kappa shape index (κ1) is 3.06. The van der Waals surface area contributed by atoms with Crippen LogP contribution in [0.25, 0.3) is 0 Å². The lowest BCUT2D eigenvalue weighted by atomic mass is 9.76. The molecule has 0 fully saturated rings. The van der Waals surface area contributed by atoms with Crippen LogP contribution in [0.4, 0.5) is 0 Å². The van der Waals surface area contributed by atoms with E-state index in [2.05, 4.69) is 4.98 Å². The van der Waals surface area contributed by atoms with Crippen molar-refractivity contribution in [3.05, 3.63) is 23.5 Å². The zero-order valence-corrected chi connectivity index (χ0v) is 7.07. The fourth-order valence-electron chi connectivity index (χ4n) is 0.929. The van der Waals surface area contributed by atoms with Crippen LogP contribution in [0.5, 0.6) is 0 Å². The lowest BCUT2D eigenvalue weighted by Gasteiger charge is -2.14. The van der Waals surface area contributed by atoms with E-state index in [1.165, 1.54) is 0 Å². The van der Waals surface area contributed by atoms with E-state index in [4.69, 9.17) is 16.4 Å². The van der Waals surface area contributed by atoms with Gasteiger partial charge in [-0.05, 0) is 30.2 Å². The molecule has 1 aromatic rings. The van der Waals surface area contributed by atoms with E-state index in [0.29, 0.717) is 12.4 Å². The monoisotopic (exact) mass is 205 g/mol. The third kappa shape index (κ3) is 2.14. The van der Waals surface area contributed by atoms with Gasteiger partial charge in [0.2, 0.25) is 0 Å². The van der Waals surface area contributed by atoms with Gasteiger partial charge >= 0.3 is 7.12 Å². The van der Waals surface area contributed by atoms with Crippen LogP contribution in [0.2, 0.25) is 0 Å². The van der Waals surface area contributed by atoms with E-state index >= 15 is 0 Å². The van der Waals surface area contributed by atoms with Crippen molar-refractivity contribution in [1.29, 1.82) is 0 Å². The molecule has 3 nitrogen and oxygen atoms in total. The minimum absolute atomic E-state index is 0.552. The summed E-state index contributed by atoms with van der Waals surface area (Å²) in [4.78, 5) is 3.46. The molecule has 4 heteroatoms. The molecule has 0 radical (unpaired) electrons. The standard InChI is InChI=1S/C10H16BNO2/c1-4-7(2)9-5-12-6-10(8(9)3)11(13)14/h5-7,13-14H,4H2,1-3H3/i1D3,2D3,3D3,4D2,7D. The lowest BCUT2D eigenvalue weighted by molar-refractivity contribution is 0.425. The van der Waals surface area contributed by atoms with Crippen molar-refractivity contribution < 1.29 is 26.5 Å². The van der Waals surface area contributed by atoms with Gasteiger partial charge in [0.15, 0.2) is 0 Å². The Balaban J connectivity index is 4.08. The van der Waals surface area contributed by atoms with Gasteiger partial charge in [0.05, 0.1) is 0 Å². The normalized spacial score (nSPS) is 31.3. The van der Waals surface area contributed by atoms with Crippen LogP contribution in [-0.2, 0) is 0 Å². The zero-order valence-electron chi connectivity index (χ0n) is 19.1. The summed E-state index contributed by atoms with van der Waals surface area (Å²) in [5.74, 6) is -3.59. The molecule has 1 atom stereocenters. The first-order valence-electron chi connectivity index (χ1n) is 9.65. The van der Waals surface area contributed by atoms with Gasteiger partial charge in [-0.25, -0.2) is 0 Å². The molecule has 76 valence electrons. The van der Waals surface area contributed by atoms with Crippen LogP contribution in [-0.4, -0.2) is 22.2 Å². The summed E-state index contributed by atoms with van der Waals surface area (Å²) in [6.45, 7) is -10.5. The van der Waals surface area contributed by atoms with Crippen LogP contribution in [0.1, 0.15) is 53.5 Å². The molecular formula is C10H16BNO2. The summed E-state index contributed by atoms with van der Waals surface area (Å²) < 4.78 is 91.2. The predicted octanol–water partition coefficient (Wildman–Crippen LogP) is 0.583. The van der Waals surface area contributed by atoms with Gasteiger partial charge in [0, 0.05) is 34.3 Å². The summed E-state index contributed by atoms with van der Waals surface area (Å²) in [5.41, 5.74) is -2.89. The van der Waals surface area contributed by atoms with Crippen LogP contribution < -0.4 is 5.46 Å². The molecule has 0 aliphatic heterocycles. The SMILES string of the molecule is [2H]C([2H])([2H])c1c(B(O)O)cncc1C([2H])(C([2H])([2H])[2H])C([2H])([2H])C([2H])([2H])[2H]. The fourth-order valence-corrected chi connectivity index (χ4v) is 0.929. The van der Waals surface area contributed by atoms with E-state index in [0.717, 1.165) is 0 Å². The molecule has 1 heterocycles. The Bertz CT molecular complexity index is 667. The summed E-state index contributed by atoms with van der Waals surface area (Å²) in [6.07, 6.45) is -2.47. The average Bonchev–Trinajstić information content (AvgIpc) is 2.41. The van der Waals surface area contributed by atoms with Crippen molar-refractivity contribution in [2.24, 2.45) is 0 Å². The summed E-state index contributed by atoms with van der Waals surface area (Å²) in [5, 5.41) is 18.8. The van der Waals surface area contributed by atoms with E-state index < -0.39 is 56.5 Å². The van der Waals surface area contributed by atoms with Gasteiger partial charge in [-0.1, -0.05) is 13.7 Å². The van der Waals surface area contributed by atoms with Crippen LogP contribution in [0.15, 0.2) is 12.4 Å². The average molecular weight is 205 g/mol. The minimum Gasteiger partial charge on any atom is -0.423 e. The molecule has 0 spiro atoms. The number of aromatic nitrogens is 1. The quantitative estimate of drug-likeness (QED) is 0.710. The number of hydrogen-bond acceptors (Lipinski definition) is 3. The smallest absolute Gasteiger partial charge is 0.423 e. The predicted molar refractivity (Wildman–Crippen MR) is 57.5 cm³/mol. The Kier molecular flexibility index (Phi) is 1.00. The second-order valence-corrected chi connectivity index (χ2v) is 2.52. The van der Waals surface area contributed by atoms with Crippen molar-refractivity contribution >= 4 is 12.6 Å². The molecule has 0 aliphatic carbocycles. The Morgan fingerprint density at radius 2 is 2.57 bits per heavy atom. The third-order valence-corrected chi connectivity index (χ3v) is 1.65. The highest BCUT2D eigenvalue weighted by Gasteiger charge is 2.18. The highest BCUT2D eigenvalue weighted by Crippen LogP contribution is 2.19. The largest absolute Gasteiger partial charge is 0.490 e. The lowest BCUT2D eigenvalue weighted by Crippen LogP contribution is -2.33. The molecule has 0 aliphatic rings. The van der Waals surface area contributed by atoms with E-state index in [-0.39, 0.29) is 0 Å². The highest BCUT2D eigenvalue weighted by atomic mass is 16.4. The second kappa shape index (κ2) is 4.57. The van der Waals surface area contributed by atoms with E-state index in [1.54, 1.807) is 0 Å². The molecule has 1 unspecified atom stereocenters. The van der Waals surface area contributed by atoms with Gasteiger partial charge in [0.1, 0.15) is 0 Å². The molecule has 14 heavy (non-hydrogen) atoms. The molecule has 0 aromatic carbocycles. The van der Waals surface area contributed by atoms with E-state index in [9.17, 15) is 10.0 Å².